The number of aromatic nitrogens is 1. The first-order valence-electron chi connectivity index (χ1n) is 10.5. The van der Waals surface area contributed by atoms with Gasteiger partial charge in [-0.3, -0.25) is 9.69 Å². The van der Waals surface area contributed by atoms with Gasteiger partial charge in [-0.05, 0) is 44.4 Å². The number of carbonyl (C=O) groups excluding carboxylic acids is 1. The SMILES string of the molecule is Cc1nc(CN2CCCN(C(=O)c3cccc(S(=O)(=O)N4CCCC4)c3)CC2)cs1. The van der Waals surface area contributed by atoms with Crippen LogP contribution in [-0.2, 0) is 16.6 Å². The van der Waals surface area contributed by atoms with Gasteiger partial charge in [0, 0.05) is 56.8 Å². The molecule has 0 atom stereocenters. The Morgan fingerprint density at radius 3 is 2.60 bits per heavy atom. The van der Waals surface area contributed by atoms with Crippen molar-refractivity contribution in [2.75, 3.05) is 39.3 Å². The Hall–Kier alpha value is -1.81. The van der Waals surface area contributed by atoms with E-state index < -0.39 is 10.0 Å². The molecule has 2 aromatic rings. The van der Waals surface area contributed by atoms with Crippen molar-refractivity contribution >= 4 is 27.3 Å². The first-order chi connectivity index (χ1) is 14.4. The van der Waals surface area contributed by atoms with Gasteiger partial charge in [-0.1, -0.05) is 6.07 Å². The van der Waals surface area contributed by atoms with Gasteiger partial charge in [-0.25, -0.2) is 13.4 Å². The summed E-state index contributed by atoms with van der Waals surface area (Å²) >= 11 is 1.66. The molecule has 0 radical (unpaired) electrons. The van der Waals surface area contributed by atoms with Crippen molar-refractivity contribution in [2.24, 2.45) is 0 Å². The number of nitrogens with zero attached hydrogens (tertiary/aromatic N) is 4. The first kappa shape index (κ1) is 21.4. The van der Waals surface area contributed by atoms with E-state index in [9.17, 15) is 13.2 Å². The monoisotopic (exact) mass is 448 g/mol. The Morgan fingerprint density at radius 1 is 1.07 bits per heavy atom. The van der Waals surface area contributed by atoms with E-state index in [-0.39, 0.29) is 10.8 Å². The van der Waals surface area contributed by atoms with Crippen molar-refractivity contribution in [3.05, 3.63) is 45.9 Å². The number of hydrogen-bond acceptors (Lipinski definition) is 6. The predicted octanol–water partition coefficient (Wildman–Crippen LogP) is 2.58. The molecule has 30 heavy (non-hydrogen) atoms. The topological polar surface area (TPSA) is 73.8 Å². The van der Waals surface area contributed by atoms with Gasteiger partial charge in [-0.2, -0.15) is 4.31 Å². The summed E-state index contributed by atoms with van der Waals surface area (Å²) in [5.41, 5.74) is 1.52. The van der Waals surface area contributed by atoms with Crippen molar-refractivity contribution in [3.8, 4) is 0 Å². The highest BCUT2D eigenvalue weighted by molar-refractivity contribution is 7.89. The first-order valence-corrected chi connectivity index (χ1v) is 12.8. The van der Waals surface area contributed by atoms with Crippen molar-refractivity contribution in [3.63, 3.8) is 0 Å². The largest absolute Gasteiger partial charge is 0.337 e. The van der Waals surface area contributed by atoms with Crippen LogP contribution in [0.15, 0.2) is 34.5 Å². The van der Waals surface area contributed by atoms with Gasteiger partial charge in [0.05, 0.1) is 15.6 Å². The third-order valence-corrected chi connectivity index (χ3v) is 8.43. The molecule has 7 nitrogen and oxygen atoms in total. The number of rotatable bonds is 5. The number of thiazole rings is 1. The van der Waals surface area contributed by atoms with Crippen LogP contribution in [0.3, 0.4) is 0 Å². The average molecular weight is 449 g/mol. The Labute approximate surface area is 182 Å². The van der Waals surface area contributed by atoms with E-state index in [1.165, 1.54) is 10.4 Å². The maximum atomic E-state index is 13.1. The van der Waals surface area contributed by atoms with Gasteiger partial charge in [0.2, 0.25) is 10.0 Å². The second-order valence-corrected chi connectivity index (χ2v) is 10.9. The van der Waals surface area contributed by atoms with E-state index in [1.807, 2.05) is 11.8 Å². The van der Waals surface area contributed by atoms with Crippen LogP contribution >= 0.6 is 11.3 Å². The molecule has 9 heteroatoms. The normalized spacial score (nSPS) is 19.2. The van der Waals surface area contributed by atoms with Gasteiger partial charge in [0.15, 0.2) is 0 Å². The van der Waals surface area contributed by atoms with Gasteiger partial charge >= 0.3 is 0 Å². The molecule has 0 spiro atoms. The maximum absolute atomic E-state index is 13.1. The smallest absolute Gasteiger partial charge is 0.253 e. The molecule has 2 saturated heterocycles. The van der Waals surface area contributed by atoms with Crippen molar-refractivity contribution in [1.29, 1.82) is 0 Å². The molecule has 0 bridgehead atoms. The van der Waals surface area contributed by atoms with Crippen molar-refractivity contribution in [2.45, 2.75) is 37.6 Å². The number of sulfonamides is 1. The van der Waals surface area contributed by atoms with Crippen molar-refractivity contribution in [1.82, 2.24) is 19.1 Å². The van der Waals surface area contributed by atoms with E-state index >= 15 is 0 Å². The highest BCUT2D eigenvalue weighted by Crippen LogP contribution is 2.22. The van der Waals surface area contributed by atoms with E-state index in [0.717, 1.165) is 49.6 Å². The molecule has 0 unspecified atom stereocenters. The molecule has 0 saturated carbocycles. The van der Waals surface area contributed by atoms with E-state index in [4.69, 9.17) is 0 Å². The summed E-state index contributed by atoms with van der Waals surface area (Å²) in [5.74, 6) is -0.0974. The summed E-state index contributed by atoms with van der Waals surface area (Å²) in [4.78, 5) is 22.0. The highest BCUT2D eigenvalue weighted by atomic mass is 32.2. The quantitative estimate of drug-likeness (QED) is 0.703. The molecule has 2 fully saturated rings. The molecule has 4 rings (SSSR count). The molecular formula is C21H28N4O3S2. The van der Waals surface area contributed by atoms with Crippen LogP contribution in [0.2, 0.25) is 0 Å². The fourth-order valence-electron chi connectivity index (χ4n) is 4.09. The molecule has 1 amide bonds. The third-order valence-electron chi connectivity index (χ3n) is 5.71. The summed E-state index contributed by atoms with van der Waals surface area (Å²) in [6.45, 7) is 6.93. The molecule has 0 aliphatic carbocycles. The summed E-state index contributed by atoms with van der Waals surface area (Å²) in [6.07, 6.45) is 2.67. The minimum atomic E-state index is -3.53. The van der Waals surface area contributed by atoms with Crippen LogP contribution in [-0.4, -0.2) is 72.7 Å². The Balaban J connectivity index is 1.43. The third kappa shape index (κ3) is 4.74. The van der Waals surface area contributed by atoms with Crippen LogP contribution in [0, 0.1) is 6.92 Å². The van der Waals surface area contributed by atoms with Gasteiger partial charge in [-0.15, -0.1) is 11.3 Å². The molecule has 162 valence electrons. The zero-order valence-corrected chi connectivity index (χ0v) is 18.9. The molecule has 1 aromatic carbocycles. The summed E-state index contributed by atoms with van der Waals surface area (Å²) in [5, 5.41) is 3.16. The second kappa shape index (κ2) is 9.13. The fourth-order valence-corrected chi connectivity index (χ4v) is 6.26. The average Bonchev–Trinajstić information content (AvgIpc) is 3.37. The van der Waals surface area contributed by atoms with E-state index in [0.29, 0.717) is 31.7 Å². The molecular weight excluding hydrogens is 420 g/mol. The Bertz CT molecular complexity index is 999. The lowest BCUT2D eigenvalue weighted by Gasteiger charge is -2.22. The molecule has 2 aliphatic rings. The standard InChI is InChI=1S/C21H28N4O3S2/c1-17-22-19(16-29-17)15-23-8-5-9-24(13-12-23)21(26)18-6-4-7-20(14-18)30(27,28)25-10-2-3-11-25/h4,6-7,14,16H,2-3,5,8-13,15H2,1H3. The van der Waals surface area contributed by atoms with Gasteiger partial charge in [0.25, 0.3) is 5.91 Å². The minimum Gasteiger partial charge on any atom is -0.337 e. The molecule has 0 N–H and O–H groups in total. The second-order valence-electron chi connectivity index (χ2n) is 7.92. The molecule has 2 aliphatic heterocycles. The minimum absolute atomic E-state index is 0.0974. The van der Waals surface area contributed by atoms with Gasteiger partial charge in [0.1, 0.15) is 0 Å². The maximum Gasteiger partial charge on any atom is 0.253 e. The zero-order valence-electron chi connectivity index (χ0n) is 17.3. The lowest BCUT2D eigenvalue weighted by Crippen LogP contribution is -2.35. The van der Waals surface area contributed by atoms with Crippen LogP contribution in [0.4, 0.5) is 0 Å². The molecule has 3 heterocycles. The van der Waals surface area contributed by atoms with Gasteiger partial charge < -0.3 is 4.90 Å². The summed E-state index contributed by atoms with van der Waals surface area (Å²) < 4.78 is 27.2. The Kier molecular flexibility index (Phi) is 6.52. The number of benzene rings is 1. The lowest BCUT2D eigenvalue weighted by molar-refractivity contribution is 0.0761. The number of aryl methyl sites for hydroxylation is 1. The van der Waals surface area contributed by atoms with Crippen LogP contribution < -0.4 is 0 Å². The zero-order chi connectivity index (χ0) is 21.1. The summed E-state index contributed by atoms with van der Waals surface area (Å²) in [7, 11) is -3.53. The fraction of sp³-hybridized carbons (Fsp3) is 0.524. The number of carbonyl (C=O) groups is 1. The molecule has 1 aromatic heterocycles. The van der Waals surface area contributed by atoms with Crippen LogP contribution in [0.1, 0.15) is 40.3 Å². The summed E-state index contributed by atoms with van der Waals surface area (Å²) in [6, 6.07) is 6.51. The van der Waals surface area contributed by atoms with E-state index in [1.54, 1.807) is 29.5 Å². The van der Waals surface area contributed by atoms with Crippen molar-refractivity contribution < 1.29 is 13.2 Å². The number of amides is 1. The van der Waals surface area contributed by atoms with E-state index in [2.05, 4.69) is 15.3 Å². The lowest BCUT2D eigenvalue weighted by atomic mass is 10.2. The number of hydrogen-bond donors (Lipinski definition) is 0. The van der Waals surface area contributed by atoms with Crippen LogP contribution in [0.25, 0.3) is 0 Å². The predicted molar refractivity (Wildman–Crippen MR) is 117 cm³/mol. The highest BCUT2D eigenvalue weighted by Gasteiger charge is 2.28. The Morgan fingerprint density at radius 2 is 1.87 bits per heavy atom. The van der Waals surface area contributed by atoms with Crippen LogP contribution in [0.5, 0.6) is 0 Å².